The smallest absolute Gasteiger partial charge is 0.261 e. The second-order valence-corrected chi connectivity index (χ2v) is 6.24. The summed E-state index contributed by atoms with van der Waals surface area (Å²) >= 11 is 5.97. The number of fused-ring (bicyclic) bond motifs is 2. The molecule has 0 bridgehead atoms. The van der Waals surface area contributed by atoms with E-state index in [1.54, 1.807) is 6.07 Å². The summed E-state index contributed by atoms with van der Waals surface area (Å²) in [5, 5.41) is 3.58. The van der Waals surface area contributed by atoms with Crippen molar-refractivity contribution in [1.82, 2.24) is 14.7 Å². The van der Waals surface area contributed by atoms with Crippen molar-refractivity contribution in [3.05, 3.63) is 65.1 Å². The fourth-order valence-electron chi connectivity index (χ4n) is 2.90. The van der Waals surface area contributed by atoms with Crippen LogP contribution in [0.1, 0.15) is 11.3 Å². The molecule has 1 aromatic carbocycles. The number of hydrogen-bond donors (Lipinski definition) is 1. The van der Waals surface area contributed by atoms with E-state index >= 15 is 0 Å². The van der Waals surface area contributed by atoms with Gasteiger partial charge >= 0.3 is 0 Å². The van der Waals surface area contributed by atoms with Crippen molar-refractivity contribution < 1.29 is 9.53 Å². The van der Waals surface area contributed by atoms with Crippen molar-refractivity contribution in [3.8, 4) is 5.75 Å². The minimum absolute atomic E-state index is 0.105. The van der Waals surface area contributed by atoms with E-state index in [-0.39, 0.29) is 5.91 Å². The van der Waals surface area contributed by atoms with Crippen molar-refractivity contribution in [1.29, 1.82) is 0 Å². The summed E-state index contributed by atoms with van der Waals surface area (Å²) in [7, 11) is 0. The van der Waals surface area contributed by atoms with Gasteiger partial charge in [-0.05, 0) is 35.9 Å². The molecule has 0 saturated carbocycles. The first-order chi connectivity index (χ1) is 11.7. The highest BCUT2D eigenvalue weighted by Gasteiger charge is 2.28. The zero-order chi connectivity index (χ0) is 16.5. The van der Waals surface area contributed by atoms with Crippen molar-refractivity contribution >= 4 is 23.2 Å². The van der Waals surface area contributed by atoms with Gasteiger partial charge in [0.25, 0.3) is 5.91 Å². The van der Waals surface area contributed by atoms with Crippen LogP contribution in [0.3, 0.4) is 0 Å². The van der Waals surface area contributed by atoms with Gasteiger partial charge in [-0.3, -0.25) is 4.79 Å². The van der Waals surface area contributed by atoms with Gasteiger partial charge in [0.05, 0.1) is 5.69 Å². The third kappa shape index (κ3) is 2.95. The first-order valence-electron chi connectivity index (χ1n) is 7.84. The van der Waals surface area contributed by atoms with Gasteiger partial charge in [0.2, 0.25) is 0 Å². The number of halogens is 1. The number of nitrogens with one attached hydrogen (secondary N) is 1. The van der Waals surface area contributed by atoms with Crippen LogP contribution in [0.15, 0.2) is 48.8 Å². The van der Waals surface area contributed by atoms with Gasteiger partial charge in [-0.15, -0.1) is 0 Å². The number of ether oxygens (including phenoxy) is 1. The molecule has 0 aliphatic carbocycles. The molecule has 3 heterocycles. The lowest BCUT2D eigenvalue weighted by Gasteiger charge is -2.10. The number of rotatable bonds is 4. The van der Waals surface area contributed by atoms with Crippen molar-refractivity contribution in [2.24, 2.45) is 0 Å². The minimum Gasteiger partial charge on any atom is -0.480 e. The van der Waals surface area contributed by atoms with E-state index in [0.29, 0.717) is 24.4 Å². The summed E-state index contributed by atoms with van der Waals surface area (Å²) in [6.45, 7) is 0.527. The molecule has 24 heavy (non-hydrogen) atoms. The quantitative estimate of drug-likeness (QED) is 0.793. The maximum Gasteiger partial charge on any atom is 0.261 e. The van der Waals surface area contributed by atoms with E-state index in [1.165, 1.54) is 0 Å². The second-order valence-electron chi connectivity index (χ2n) is 5.80. The van der Waals surface area contributed by atoms with Gasteiger partial charge in [-0.25, -0.2) is 4.98 Å². The molecule has 1 unspecified atom stereocenters. The Morgan fingerprint density at radius 3 is 3.17 bits per heavy atom. The average Bonchev–Trinajstić information content (AvgIpc) is 3.17. The van der Waals surface area contributed by atoms with E-state index < -0.39 is 6.10 Å². The van der Waals surface area contributed by atoms with Gasteiger partial charge in [0.1, 0.15) is 11.4 Å². The standard InChI is InChI=1S/C18H16ClN3O2/c19-13-4-5-15-12(9-13)10-16(24-15)18(23)20-7-6-14-11-22-8-2-1-3-17(22)21-14/h1-5,8-9,11,16H,6-7,10H2,(H,20,23). The Morgan fingerprint density at radius 1 is 1.38 bits per heavy atom. The Kier molecular flexibility index (Phi) is 3.86. The number of amides is 1. The van der Waals surface area contributed by atoms with E-state index in [1.807, 2.05) is 47.1 Å². The zero-order valence-corrected chi connectivity index (χ0v) is 13.7. The third-order valence-electron chi connectivity index (χ3n) is 4.08. The number of nitrogens with zero attached hydrogens (tertiary/aromatic N) is 2. The number of aromatic nitrogens is 2. The van der Waals surface area contributed by atoms with Gasteiger partial charge in [-0.1, -0.05) is 17.7 Å². The molecule has 4 rings (SSSR count). The lowest BCUT2D eigenvalue weighted by molar-refractivity contribution is -0.127. The lowest BCUT2D eigenvalue weighted by Crippen LogP contribution is -2.38. The Hall–Kier alpha value is -2.53. The first-order valence-corrected chi connectivity index (χ1v) is 8.22. The second kappa shape index (κ2) is 6.17. The van der Waals surface area contributed by atoms with Crippen LogP contribution >= 0.6 is 11.6 Å². The predicted molar refractivity (Wildman–Crippen MR) is 91.5 cm³/mol. The fraction of sp³-hybridized carbons (Fsp3) is 0.222. The molecule has 0 spiro atoms. The highest BCUT2D eigenvalue weighted by molar-refractivity contribution is 6.30. The Morgan fingerprint density at radius 2 is 2.29 bits per heavy atom. The molecule has 122 valence electrons. The van der Waals surface area contributed by atoms with Gasteiger partial charge in [-0.2, -0.15) is 0 Å². The number of pyridine rings is 1. The molecule has 1 atom stereocenters. The lowest BCUT2D eigenvalue weighted by atomic mass is 10.1. The average molecular weight is 342 g/mol. The normalized spacial score (nSPS) is 16.0. The van der Waals surface area contributed by atoms with Crippen LogP contribution in [0, 0.1) is 0 Å². The van der Waals surface area contributed by atoms with E-state index in [0.717, 1.165) is 22.7 Å². The first kappa shape index (κ1) is 15.0. The highest BCUT2D eigenvalue weighted by Crippen LogP contribution is 2.31. The number of carbonyl (C=O) groups is 1. The Balaban J connectivity index is 1.32. The molecule has 1 aliphatic heterocycles. The molecule has 2 aromatic heterocycles. The largest absolute Gasteiger partial charge is 0.480 e. The summed E-state index contributed by atoms with van der Waals surface area (Å²) in [6, 6.07) is 11.3. The van der Waals surface area contributed by atoms with Crippen molar-refractivity contribution in [3.63, 3.8) is 0 Å². The SMILES string of the molecule is O=C(NCCc1cn2ccccc2n1)C1Cc2cc(Cl)ccc2O1. The Bertz CT molecular complexity index is 873. The monoisotopic (exact) mass is 341 g/mol. The maximum atomic E-state index is 12.3. The number of hydrogen-bond acceptors (Lipinski definition) is 3. The molecule has 5 nitrogen and oxygen atoms in total. The predicted octanol–water partition coefficient (Wildman–Crippen LogP) is 2.65. The third-order valence-corrected chi connectivity index (χ3v) is 4.32. The van der Waals surface area contributed by atoms with Gasteiger partial charge in [0.15, 0.2) is 6.10 Å². The molecular weight excluding hydrogens is 326 g/mol. The van der Waals surface area contributed by atoms with E-state index in [4.69, 9.17) is 16.3 Å². The Labute approximate surface area is 144 Å². The summed E-state index contributed by atoms with van der Waals surface area (Å²) in [6.07, 6.45) is 4.68. The van der Waals surface area contributed by atoms with Crippen LogP contribution in [0.4, 0.5) is 0 Å². The topological polar surface area (TPSA) is 55.6 Å². The molecule has 3 aromatic rings. The summed E-state index contributed by atoms with van der Waals surface area (Å²) < 4.78 is 7.65. The van der Waals surface area contributed by atoms with Gasteiger partial charge < -0.3 is 14.5 Å². The van der Waals surface area contributed by atoms with Crippen molar-refractivity contribution in [2.75, 3.05) is 6.54 Å². The van der Waals surface area contributed by atoms with Crippen LogP contribution in [0.5, 0.6) is 5.75 Å². The van der Waals surface area contributed by atoms with E-state index in [9.17, 15) is 4.79 Å². The number of carbonyl (C=O) groups excluding carboxylic acids is 1. The van der Waals surface area contributed by atoms with Crippen LogP contribution < -0.4 is 10.1 Å². The molecule has 6 heteroatoms. The van der Waals surface area contributed by atoms with Gasteiger partial charge in [0, 0.05) is 36.8 Å². The fourth-order valence-corrected chi connectivity index (χ4v) is 3.09. The number of imidazole rings is 1. The molecule has 0 fully saturated rings. The molecule has 0 radical (unpaired) electrons. The minimum atomic E-state index is -0.487. The molecular formula is C18H16ClN3O2. The maximum absolute atomic E-state index is 12.3. The van der Waals surface area contributed by atoms with Crippen LogP contribution in [-0.2, 0) is 17.6 Å². The molecule has 1 aliphatic rings. The van der Waals surface area contributed by atoms with Crippen LogP contribution in [0.2, 0.25) is 5.02 Å². The van der Waals surface area contributed by atoms with Crippen molar-refractivity contribution in [2.45, 2.75) is 18.9 Å². The van der Waals surface area contributed by atoms with E-state index in [2.05, 4.69) is 10.3 Å². The van der Waals surface area contributed by atoms with Crippen LogP contribution in [0.25, 0.3) is 5.65 Å². The number of benzene rings is 1. The summed E-state index contributed by atoms with van der Waals surface area (Å²) in [5.41, 5.74) is 2.83. The highest BCUT2D eigenvalue weighted by atomic mass is 35.5. The summed E-state index contributed by atoms with van der Waals surface area (Å²) in [4.78, 5) is 16.8. The molecule has 0 saturated heterocycles. The molecule has 1 amide bonds. The summed E-state index contributed by atoms with van der Waals surface area (Å²) in [5.74, 6) is 0.631. The zero-order valence-electron chi connectivity index (χ0n) is 12.9. The van der Waals surface area contributed by atoms with Crippen LogP contribution in [-0.4, -0.2) is 27.9 Å². The molecule has 1 N–H and O–H groups in total.